The van der Waals surface area contributed by atoms with E-state index in [4.69, 9.17) is 0 Å². The third kappa shape index (κ3) is 2.41. The van der Waals surface area contributed by atoms with Crippen LogP contribution in [0.1, 0.15) is 36.7 Å². The maximum Gasteiger partial charge on any atom is 0.256 e. The third-order valence-corrected chi connectivity index (χ3v) is 4.57. The smallest absolute Gasteiger partial charge is 0.256 e. The number of hydrogen-bond donors (Lipinski definition) is 1. The van der Waals surface area contributed by atoms with Gasteiger partial charge in [-0.1, -0.05) is 10.5 Å². The summed E-state index contributed by atoms with van der Waals surface area (Å²) in [6.45, 7) is 5.61. The molecule has 6 heteroatoms. The van der Waals surface area contributed by atoms with Crippen molar-refractivity contribution in [2.75, 3.05) is 5.32 Å². The molecule has 1 N–H and O–H groups in total. The van der Waals surface area contributed by atoms with Crippen LogP contribution in [0.2, 0.25) is 0 Å². The predicted molar refractivity (Wildman–Crippen MR) is 85.2 cm³/mol. The minimum Gasteiger partial charge on any atom is -0.591 e. The van der Waals surface area contributed by atoms with Gasteiger partial charge < -0.3 is 9.87 Å². The zero-order valence-electron chi connectivity index (χ0n) is 12.0. The Morgan fingerprint density at radius 3 is 2.81 bits per heavy atom. The Kier molecular flexibility index (Phi) is 3.22. The van der Waals surface area contributed by atoms with Crippen molar-refractivity contribution in [3.05, 3.63) is 35.5 Å². The lowest BCUT2D eigenvalue weighted by Crippen LogP contribution is -2.25. The second-order valence-electron chi connectivity index (χ2n) is 5.83. The molecule has 2 aromatic rings. The fourth-order valence-electron chi connectivity index (χ4n) is 2.14. The summed E-state index contributed by atoms with van der Waals surface area (Å²) in [6, 6.07) is 5.30. The summed E-state index contributed by atoms with van der Waals surface area (Å²) in [7, 11) is 0. The molecule has 0 fully saturated rings. The van der Waals surface area contributed by atoms with Gasteiger partial charge in [0.25, 0.3) is 5.91 Å². The maximum atomic E-state index is 12.0. The minimum absolute atomic E-state index is 0.121. The Balaban J connectivity index is 2.08. The first-order chi connectivity index (χ1) is 9.88. The standard InChI is InChI=1S/C15H15N3O2S/c1-15(2,3)21(20)17-8-9-4-5-10-12-11(18-14(10)19)6-7-16-13(9)12/h4-8H,1-3H3,(H,18,19)/b17-8+/t21-/m0/s1. The highest BCUT2D eigenvalue weighted by Crippen LogP contribution is 2.33. The van der Waals surface area contributed by atoms with Gasteiger partial charge >= 0.3 is 0 Å². The molecule has 1 aromatic carbocycles. The number of carbonyl (C=O) groups excluding carboxylic acids is 1. The molecule has 0 saturated carbocycles. The topological polar surface area (TPSA) is 77.4 Å². The van der Waals surface area contributed by atoms with E-state index in [2.05, 4.69) is 14.7 Å². The van der Waals surface area contributed by atoms with Crippen LogP contribution in [0, 0.1) is 0 Å². The number of anilines is 1. The van der Waals surface area contributed by atoms with E-state index in [1.54, 1.807) is 30.6 Å². The van der Waals surface area contributed by atoms with Crippen LogP contribution in [-0.4, -0.2) is 26.4 Å². The van der Waals surface area contributed by atoms with Gasteiger partial charge in [-0.25, -0.2) is 0 Å². The Labute approximate surface area is 125 Å². The van der Waals surface area contributed by atoms with Crippen LogP contribution >= 0.6 is 0 Å². The fraction of sp³-hybridized carbons (Fsp3) is 0.267. The molecule has 0 radical (unpaired) electrons. The molecule has 0 aliphatic carbocycles. The SMILES string of the molecule is CC(C)(C)[S@+]([O-])/N=C/c1ccc2c3c(ccnc13)NC2=O. The number of amides is 1. The van der Waals surface area contributed by atoms with Crippen molar-refractivity contribution in [3.8, 4) is 0 Å². The van der Waals surface area contributed by atoms with E-state index in [0.29, 0.717) is 11.1 Å². The number of hydrogen-bond acceptors (Lipinski definition) is 4. The van der Waals surface area contributed by atoms with E-state index >= 15 is 0 Å². The lowest BCUT2D eigenvalue weighted by Gasteiger charge is -2.17. The molecule has 21 heavy (non-hydrogen) atoms. The molecule has 1 amide bonds. The molecule has 108 valence electrons. The second kappa shape index (κ2) is 4.82. The van der Waals surface area contributed by atoms with Crippen LogP contribution in [-0.2, 0) is 11.4 Å². The molecule has 0 unspecified atom stereocenters. The van der Waals surface area contributed by atoms with Crippen molar-refractivity contribution < 1.29 is 9.35 Å². The Morgan fingerprint density at radius 1 is 1.33 bits per heavy atom. The van der Waals surface area contributed by atoms with Gasteiger partial charge in [-0.15, -0.1) is 0 Å². The first-order valence-corrected chi connectivity index (χ1v) is 7.68. The van der Waals surface area contributed by atoms with E-state index in [0.717, 1.165) is 16.6 Å². The monoisotopic (exact) mass is 301 g/mol. The van der Waals surface area contributed by atoms with E-state index in [9.17, 15) is 9.35 Å². The van der Waals surface area contributed by atoms with E-state index in [1.165, 1.54) is 0 Å². The second-order valence-corrected chi connectivity index (χ2v) is 7.77. The molecule has 1 atom stereocenters. The van der Waals surface area contributed by atoms with Gasteiger partial charge in [0.15, 0.2) is 0 Å². The van der Waals surface area contributed by atoms with Crippen molar-refractivity contribution in [1.82, 2.24) is 4.98 Å². The highest BCUT2D eigenvalue weighted by atomic mass is 32.2. The summed E-state index contributed by atoms with van der Waals surface area (Å²) in [6.07, 6.45) is 3.21. The van der Waals surface area contributed by atoms with Crippen LogP contribution in [0.5, 0.6) is 0 Å². The number of aromatic nitrogens is 1. The Bertz CT molecular complexity index is 765. The molecule has 2 heterocycles. The molecular weight excluding hydrogens is 286 g/mol. The summed E-state index contributed by atoms with van der Waals surface area (Å²) in [5.74, 6) is -0.121. The normalized spacial score (nSPS) is 15.7. The lowest BCUT2D eigenvalue weighted by atomic mass is 10.1. The number of pyridine rings is 1. The molecule has 1 aliphatic rings. The zero-order chi connectivity index (χ0) is 15.2. The number of nitrogens with one attached hydrogen (secondary N) is 1. The average molecular weight is 301 g/mol. The summed E-state index contributed by atoms with van der Waals surface area (Å²) in [4.78, 5) is 16.2. The molecule has 1 aliphatic heterocycles. The highest BCUT2D eigenvalue weighted by Gasteiger charge is 2.26. The van der Waals surface area contributed by atoms with Crippen molar-refractivity contribution in [2.24, 2.45) is 4.40 Å². The van der Waals surface area contributed by atoms with Gasteiger partial charge in [0.05, 0.1) is 23.0 Å². The lowest BCUT2D eigenvalue weighted by molar-refractivity contribution is 0.103. The third-order valence-electron chi connectivity index (χ3n) is 3.23. The number of carbonyl (C=O) groups is 1. The maximum absolute atomic E-state index is 12.0. The number of benzene rings is 1. The average Bonchev–Trinajstić information content (AvgIpc) is 2.75. The molecule has 3 rings (SSSR count). The van der Waals surface area contributed by atoms with Gasteiger partial charge in [-0.3, -0.25) is 9.78 Å². The van der Waals surface area contributed by atoms with E-state index in [1.807, 2.05) is 20.8 Å². The van der Waals surface area contributed by atoms with Gasteiger partial charge in [-0.05, 0) is 32.9 Å². The molecule has 1 aromatic heterocycles. The zero-order valence-corrected chi connectivity index (χ0v) is 12.8. The van der Waals surface area contributed by atoms with Crippen LogP contribution in [0.25, 0.3) is 10.9 Å². The van der Waals surface area contributed by atoms with E-state index in [-0.39, 0.29) is 5.91 Å². The summed E-state index contributed by atoms with van der Waals surface area (Å²) in [5, 5.41) is 3.60. The molecular formula is C15H15N3O2S. The van der Waals surface area contributed by atoms with Crippen LogP contribution < -0.4 is 5.32 Å². The number of rotatable bonds is 2. The summed E-state index contributed by atoms with van der Waals surface area (Å²) in [5.41, 5.74) is 2.82. The Hall–Kier alpha value is -1.92. The van der Waals surface area contributed by atoms with Crippen LogP contribution in [0.3, 0.4) is 0 Å². The molecule has 5 nitrogen and oxygen atoms in total. The van der Waals surface area contributed by atoms with E-state index < -0.39 is 16.1 Å². The first kappa shape index (κ1) is 14.0. The Morgan fingerprint density at radius 2 is 2.10 bits per heavy atom. The molecule has 0 bridgehead atoms. The van der Waals surface area contributed by atoms with Gasteiger partial charge in [-0.2, -0.15) is 0 Å². The van der Waals surface area contributed by atoms with Crippen molar-refractivity contribution in [2.45, 2.75) is 25.5 Å². The van der Waals surface area contributed by atoms with Crippen LogP contribution in [0.4, 0.5) is 5.69 Å². The summed E-state index contributed by atoms with van der Waals surface area (Å²) < 4.78 is 15.7. The quantitative estimate of drug-likeness (QED) is 0.684. The number of nitrogens with zero attached hydrogens (tertiary/aromatic N) is 2. The molecule has 0 spiro atoms. The van der Waals surface area contributed by atoms with Crippen LogP contribution in [0.15, 0.2) is 28.8 Å². The van der Waals surface area contributed by atoms with Crippen molar-refractivity contribution >= 4 is 40.1 Å². The van der Waals surface area contributed by atoms with Gasteiger partial charge in [0.1, 0.15) is 16.1 Å². The fourth-order valence-corrected chi connectivity index (χ4v) is 2.66. The first-order valence-electron chi connectivity index (χ1n) is 6.57. The highest BCUT2D eigenvalue weighted by molar-refractivity contribution is 7.91. The van der Waals surface area contributed by atoms with Crippen molar-refractivity contribution in [1.29, 1.82) is 0 Å². The van der Waals surface area contributed by atoms with Crippen molar-refractivity contribution in [3.63, 3.8) is 0 Å². The largest absolute Gasteiger partial charge is 0.591 e. The minimum atomic E-state index is -1.32. The summed E-state index contributed by atoms with van der Waals surface area (Å²) >= 11 is -1.32. The molecule has 0 saturated heterocycles. The van der Waals surface area contributed by atoms with Gasteiger partial charge in [0.2, 0.25) is 0 Å². The predicted octanol–water partition coefficient (Wildman–Crippen LogP) is 2.68. The van der Waals surface area contributed by atoms with Gasteiger partial charge in [0, 0.05) is 17.1 Å².